The predicted octanol–water partition coefficient (Wildman–Crippen LogP) is 1.16. The minimum Gasteiger partial charge on any atom is -0.375 e. The van der Waals surface area contributed by atoms with Crippen LogP contribution in [0.25, 0.3) is 0 Å². The van der Waals surface area contributed by atoms with E-state index in [9.17, 15) is 4.79 Å². The minimum absolute atomic E-state index is 0.0282. The van der Waals surface area contributed by atoms with E-state index >= 15 is 0 Å². The van der Waals surface area contributed by atoms with E-state index in [1.165, 1.54) is 23.1 Å². The van der Waals surface area contributed by atoms with Crippen molar-refractivity contribution in [3.05, 3.63) is 5.01 Å². The van der Waals surface area contributed by atoms with Crippen LogP contribution in [-0.2, 0) is 9.53 Å². The van der Waals surface area contributed by atoms with Gasteiger partial charge in [0, 0.05) is 19.7 Å². The molecule has 1 aromatic rings. The highest BCUT2D eigenvalue weighted by Crippen LogP contribution is 2.21. The van der Waals surface area contributed by atoms with Crippen LogP contribution >= 0.6 is 23.1 Å². The van der Waals surface area contributed by atoms with Gasteiger partial charge < -0.3 is 10.1 Å². The molecule has 1 saturated heterocycles. The Hall–Kier alpha value is -0.700. The van der Waals surface area contributed by atoms with Crippen LogP contribution in [-0.4, -0.2) is 65.1 Å². The molecule has 1 fully saturated rings. The fourth-order valence-electron chi connectivity index (χ4n) is 2.34. The molecule has 0 radical (unpaired) electrons. The Morgan fingerprint density at radius 2 is 2.29 bits per heavy atom. The second-order valence-corrected chi connectivity index (χ2v) is 7.30. The first kappa shape index (κ1) is 16.7. The molecular weight excluding hydrogens is 308 g/mol. The van der Waals surface area contributed by atoms with Crippen molar-refractivity contribution in [1.82, 2.24) is 20.4 Å². The van der Waals surface area contributed by atoms with E-state index in [4.69, 9.17) is 4.74 Å². The molecule has 0 unspecified atom stereocenters. The van der Waals surface area contributed by atoms with Gasteiger partial charge in [0.2, 0.25) is 5.91 Å². The van der Waals surface area contributed by atoms with Gasteiger partial charge in [-0.15, -0.1) is 10.2 Å². The summed E-state index contributed by atoms with van der Waals surface area (Å²) in [4.78, 5) is 14.4. The highest BCUT2D eigenvalue weighted by Gasteiger charge is 2.33. The normalized spacial score (nSPS) is 22.6. The van der Waals surface area contributed by atoms with Crippen molar-refractivity contribution < 1.29 is 9.53 Å². The fraction of sp³-hybridized carbons (Fsp3) is 0.769. The molecule has 1 amide bonds. The standard InChI is InChI=1S/C13H22N4O2S2/c1-4-17-6-10(11(7-17)19-5-2)14-12(18)8-20-13-16-15-9(3)21-13/h10-11H,4-8H2,1-3H3,(H,14,18)/t10-,11-/m0/s1. The topological polar surface area (TPSA) is 67.3 Å². The van der Waals surface area contributed by atoms with Gasteiger partial charge in [0.1, 0.15) is 5.01 Å². The monoisotopic (exact) mass is 330 g/mol. The Morgan fingerprint density at radius 1 is 1.48 bits per heavy atom. The van der Waals surface area contributed by atoms with E-state index < -0.39 is 0 Å². The molecular formula is C13H22N4O2S2. The number of thioether (sulfide) groups is 1. The number of likely N-dealkylation sites (tertiary alicyclic amines) is 1. The molecule has 8 heteroatoms. The first-order valence-corrected chi connectivity index (χ1v) is 8.98. The third-order valence-electron chi connectivity index (χ3n) is 3.35. The van der Waals surface area contributed by atoms with Crippen LogP contribution in [0.4, 0.5) is 0 Å². The van der Waals surface area contributed by atoms with Crippen molar-refractivity contribution in [1.29, 1.82) is 0 Å². The van der Waals surface area contributed by atoms with Crippen molar-refractivity contribution >= 4 is 29.0 Å². The number of rotatable bonds is 7. The smallest absolute Gasteiger partial charge is 0.230 e. The zero-order chi connectivity index (χ0) is 15.2. The van der Waals surface area contributed by atoms with E-state index in [1.807, 2.05) is 13.8 Å². The third kappa shape index (κ3) is 4.91. The number of nitrogens with one attached hydrogen (secondary N) is 1. The molecule has 1 aliphatic heterocycles. The Balaban J connectivity index is 1.80. The SMILES string of the molecule is CCO[C@H]1CN(CC)C[C@@H]1NC(=O)CSc1nnc(C)s1. The molecule has 0 saturated carbocycles. The third-order valence-corrected chi connectivity index (χ3v) is 5.32. The Morgan fingerprint density at radius 3 is 2.90 bits per heavy atom. The van der Waals surface area contributed by atoms with Crippen molar-refractivity contribution in [3.8, 4) is 0 Å². The van der Waals surface area contributed by atoms with Crippen LogP contribution in [0.5, 0.6) is 0 Å². The van der Waals surface area contributed by atoms with Crippen LogP contribution in [0.3, 0.4) is 0 Å². The molecule has 2 rings (SSSR count). The van der Waals surface area contributed by atoms with Gasteiger partial charge in [-0.25, -0.2) is 0 Å². The molecule has 0 bridgehead atoms. The van der Waals surface area contributed by atoms with E-state index in [-0.39, 0.29) is 18.1 Å². The van der Waals surface area contributed by atoms with Gasteiger partial charge in [0.25, 0.3) is 0 Å². The number of hydrogen-bond donors (Lipinski definition) is 1. The first-order chi connectivity index (χ1) is 10.1. The molecule has 2 atom stereocenters. The van der Waals surface area contributed by atoms with Gasteiger partial charge in [0.15, 0.2) is 4.34 Å². The zero-order valence-electron chi connectivity index (χ0n) is 12.7. The summed E-state index contributed by atoms with van der Waals surface area (Å²) in [6, 6.07) is 0.0779. The maximum Gasteiger partial charge on any atom is 0.230 e. The Kier molecular flexibility index (Phi) is 6.40. The molecule has 2 heterocycles. The number of ether oxygens (including phenoxy) is 1. The lowest BCUT2D eigenvalue weighted by Gasteiger charge is -2.19. The highest BCUT2D eigenvalue weighted by atomic mass is 32.2. The molecule has 0 spiro atoms. The summed E-state index contributed by atoms with van der Waals surface area (Å²) in [5, 5.41) is 12.0. The number of aryl methyl sites for hydroxylation is 1. The van der Waals surface area contributed by atoms with Gasteiger partial charge in [-0.1, -0.05) is 30.0 Å². The highest BCUT2D eigenvalue weighted by molar-refractivity contribution is 8.01. The number of amides is 1. The number of aromatic nitrogens is 2. The summed E-state index contributed by atoms with van der Waals surface area (Å²) in [5.41, 5.74) is 0. The van der Waals surface area contributed by atoms with Gasteiger partial charge in [0.05, 0.1) is 17.9 Å². The lowest BCUT2D eigenvalue weighted by atomic mass is 10.2. The van der Waals surface area contributed by atoms with E-state index in [1.54, 1.807) is 0 Å². The quantitative estimate of drug-likeness (QED) is 0.757. The molecule has 118 valence electrons. The van der Waals surface area contributed by atoms with E-state index in [0.717, 1.165) is 29.0 Å². The van der Waals surface area contributed by atoms with Crippen molar-refractivity contribution in [3.63, 3.8) is 0 Å². The fourth-order valence-corrected chi connectivity index (χ4v) is 3.97. The van der Waals surface area contributed by atoms with Crippen molar-refractivity contribution in [2.24, 2.45) is 0 Å². The molecule has 1 aliphatic rings. The number of carbonyl (C=O) groups excluding carboxylic acids is 1. The number of likely N-dealkylation sites (N-methyl/N-ethyl adjacent to an activating group) is 1. The molecule has 6 nitrogen and oxygen atoms in total. The average molecular weight is 330 g/mol. The summed E-state index contributed by atoms with van der Waals surface area (Å²) >= 11 is 2.95. The van der Waals surface area contributed by atoms with Crippen LogP contribution < -0.4 is 5.32 Å². The largest absolute Gasteiger partial charge is 0.375 e. The Bertz CT molecular complexity index is 469. The first-order valence-electron chi connectivity index (χ1n) is 7.18. The van der Waals surface area contributed by atoms with Gasteiger partial charge >= 0.3 is 0 Å². The second-order valence-electron chi connectivity index (χ2n) is 4.90. The van der Waals surface area contributed by atoms with Crippen LogP contribution in [0.15, 0.2) is 4.34 Å². The van der Waals surface area contributed by atoms with Crippen LogP contribution in [0, 0.1) is 6.92 Å². The second kappa shape index (κ2) is 8.07. The molecule has 1 N–H and O–H groups in total. The average Bonchev–Trinajstić information content (AvgIpc) is 3.04. The molecule has 0 aliphatic carbocycles. The summed E-state index contributed by atoms with van der Waals surface area (Å²) < 4.78 is 6.57. The number of nitrogens with zero attached hydrogens (tertiary/aromatic N) is 3. The van der Waals surface area contributed by atoms with E-state index in [0.29, 0.717) is 12.4 Å². The van der Waals surface area contributed by atoms with Crippen LogP contribution in [0.2, 0.25) is 0 Å². The molecule has 21 heavy (non-hydrogen) atoms. The van der Waals surface area contributed by atoms with E-state index in [2.05, 4.69) is 27.3 Å². The number of carbonyl (C=O) groups is 1. The molecule has 0 aromatic carbocycles. The summed E-state index contributed by atoms with van der Waals surface area (Å²) in [6.07, 6.45) is 0.0904. The lowest BCUT2D eigenvalue weighted by molar-refractivity contribution is -0.120. The predicted molar refractivity (Wildman–Crippen MR) is 84.8 cm³/mol. The minimum atomic E-state index is 0.0282. The summed E-state index contributed by atoms with van der Waals surface area (Å²) in [7, 11) is 0. The Labute approximate surface area is 133 Å². The van der Waals surface area contributed by atoms with Gasteiger partial charge in [-0.2, -0.15) is 0 Å². The maximum atomic E-state index is 12.1. The van der Waals surface area contributed by atoms with Gasteiger partial charge in [-0.3, -0.25) is 9.69 Å². The number of hydrogen-bond acceptors (Lipinski definition) is 7. The van der Waals surface area contributed by atoms with Crippen molar-refractivity contribution in [2.75, 3.05) is 32.0 Å². The summed E-state index contributed by atoms with van der Waals surface area (Å²) in [6.45, 7) is 9.42. The lowest BCUT2D eigenvalue weighted by Crippen LogP contribution is -2.44. The maximum absolute atomic E-state index is 12.1. The molecule has 1 aromatic heterocycles. The van der Waals surface area contributed by atoms with Gasteiger partial charge in [-0.05, 0) is 20.4 Å². The van der Waals surface area contributed by atoms with Crippen molar-refractivity contribution in [2.45, 2.75) is 37.3 Å². The van der Waals surface area contributed by atoms with Crippen LogP contribution in [0.1, 0.15) is 18.9 Å². The summed E-state index contributed by atoms with van der Waals surface area (Å²) in [5.74, 6) is 0.399. The zero-order valence-corrected chi connectivity index (χ0v) is 14.3.